The zero-order chi connectivity index (χ0) is 13.5. The summed E-state index contributed by atoms with van der Waals surface area (Å²) < 4.78 is 0. The predicted molar refractivity (Wildman–Crippen MR) is 79.4 cm³/mol. The van der Waals surface area contributed by atoms with Gasteiger partial charge in [-0.25, -0.2) is 0 Å². The van der Waals surface area contributed by atoms with Crippen LogP contribution in [0.4, 0.5) is 11.4 Å². The van der Waals surface area contributed by atoms with Gasteiger partial charge in [0.05, 0.1) is 18.4 Å². The fourth-order valence-corrected chi connectivity index (χ4v) is 1.99. The van der Waals surface area contributed by atoms with Gasteiger partial charge in [0.1, 0.15) is 0 Å². The third-order valence-electron chi connectivity index (χ3n) is 3.09. The first-order chi connectivity index (χ1) is 9.33. The third kappa shape index (κ3) is 3.68. The van der Waals surface area contributed by atoms with Crippen molar-refractivity contribution >= 4 is 11.4 Å². The highest BCUT2D eigenvalue weighted by Crippen LogP contribution is 2.17. The summed E-state index contributed by atoms with van der Waals surface area (Å²) >= 11 is 0. The number of nitrogens with zero attached hydrogens (tertiary/aromatic N) is 3. The Bertz CT molecular complexity index is 477. The van der Waals surface area contributed by atoms with Gasteiger partial charge in [-0.15, -0.1) is 0 Å². The Hall–Kier alpha value is -2.10. The molecule has 1 heterocycles. The minimum atomic E-state index is 0.693. The molecule has 0 atom stereocenters. The number of hydrogen-bond acceptors (Lipinski definition) is 4. The molecule has 0 aliphatic carbocycles. The summed E-state index contributed by atoms with van der Waals surface area (Å²) in [6, 6.07) is 8.49. The summed E-state index contributed by atoms with van der Waals surface area (Å²) in [5, 5.41) is 3.34. The molecule has 0 saturated carbocycles. The molecule has 0 aliphatic heterocycles. The van der Waals surface area contributed by atoms with Crippen LogP contribution in [0.5, 0.6) is 0 Å². The molecule has 2 rings (SSSR count). The van der Waals surface area contributed by atoms with Crippen molar-refractivity contribution in [3.8, 4) is 0 Å². The Kier molecular flexibility index (Phi) is 4.72. The molecule has 0 unspecified atom stereocenters. The maximum Gasteiger partial charge on any atom is 0.0777 e. The van der Waals surface area contributed by atoms with Crippen LogP contribution in [0, 0.1) is 0 Å². The zero-order valence-electron chi connectivity index (χ0n) is 11.5. The average Bonchev–Trinajstić information content (AvgIpc) is 2.49. The van der Waals surface area contributed by atoms with Gasteiger partial charge in [-0.05, 0) is 38.1 Å². The lowest BCUT2D eigenvalue weighted by Crippen LogP contribution is -2.21. The van der Waals surface area contributed by atoms with E-state index in [1.54, 1.807) is 18.6 Å². The van der Waals surface area contributed by atoms with Gasteiger partial charge in [0.15, 0.2) is 0 Å². The van der Waals surface area contributed by atoms with Crippen LogP contribution in [0.2, 0.25) is 0 Å². The summed E-state index contributed by atoms with van der Waals surface area (Å²) in [5.41, 5.74) is 3.30. The summed E-state index contributed by atoms with van der Waals surface area (Å²) in [5.74, 6) is 0. The number of rotatable bonds is 6. The standard InChI is InChI=1S/C15H20N4/c1-3-19(4-2)15-7-5-13(6-8-15)18-12-14-11-16-9-10-17-14/h5-11,18H,3-4,12H2,1-2H3. The van der Waals surface area contributed by atoms with Crippen molar-refractivity contribution in [2.75, 3.05) is 23.3 Å². The molecule has 0 aliphatic rings. The van der Waals surface area contributed by atoms with Crippen molar-refractivity contribution in [3.63, 3.8) is 0 Å². The molecule has 0 amide bonds. The van der Waals surface area contributed by atoms with Crippen LogP contribution in [0.25, 0.3) is 0 Å². The van der Waals surface area contributed by atoms with Crippen molar-refractivity contribution in [1.82, 2.24) is 9.97 Å². The third-order valence-corrected chi connectivity index (χ3v) is 3.09. The number of hydrogen-bond donors (Lipinski definition) is 1. The van der Waals surface area contributed by atoms with E-state index in [9.17, 15) is 0 Å². The van der Waals surface area contributed by atoms with Crippen molar-refractivity contribution < 1.29 is 0 Å². The SMILES string of the molecule is CCN(CC)c1ccc(NCc2cnccn2)cc1. The number of benzene rings is 1. The maximum atomic E-state index is 4.23. The molecule has 2 aromatic rings. The van der Waals surface area contributed by atoms with Gasteiger partial charge < -0.3 is 10.2 Å². The van der Waals surface area contributed by atoms with Crippen LogP contribution in [-0.4, -0.2) is 23.1 Å². The smallest absolute Gasteiger partial charge is 0.0777 e. The maximum absolute atomic E-state index is 4.23. The normalized spacial score (nSPS) is 10.2. The molecular weight excluding hydrogens is 236 g/mol. The fraction of sp³-hybridized carbons (Fsp3) is 0.333. The summed E-state index contributed by atoms with van der Waals surface area (Å²) in [6.07, 6.45) is 5.17. The highest BCUT2D eigenvalue weighted by molar-refractivity contribution is 5.55. The van der Waals surface area contributed by atoms with Gasteiger partial charge in [0.25, 0.3) is 0 Å². The van der Waals surface area contributed by atoms with E-state index in [2.05, 4.69) is 58.3 Å². The molecule has 19 heavy (non-hydrogen) atoms. The molecule has 0 saturated heterocycles. The van der Waals surface area contributed by atoms with Crippen molar-refractivity contribution in [2.45, 2.75) is 20.4 Å². The van der Waals surface area contributed by atoms with Crippen molar-refractivity contribution in [1.29, 1.82) is 0 Å². The van der Waals surface area contributed by atoms with Gasteiger partial charge >= 0.3 is 0 Å². The van der Waals surface area contributed by atoms with Gasteiger partial charge in [-0.3, -0.25) is 9.97 Å². The second-order valence-corrected chi connectivity index (χ2v) is 4.27. The molecule has 4 heteroatoms. The minimum Gasteiger partial charge on any atom is -0.379 e. The molecule has 100 valence electrons. The van der Waals surface area contributed by atoms with E-state index >= 15 is 0 Å². The summed E-state index contributed by atoms with van der Waals surface area (Å²) in [4.78, 5) is 10.6. The molecule has 0 fully saturated rings. The Morgan fingerprint density at radius 2 is 1.79 bits per heavy atom. The van der Waals surface area contributed by atoms with Gasteiger partial charge in [-0.2, -0.15) is 0 Å². The molecule has 4 nitrogen and oxygen atoms in total. The average molecular weight is 256 g/mol. The summed E-state index contributed by atoms with van der Waals surface area (Å²) in [7, 11) is 0. The van der Waals surface area contributed by atoms with E-state index in [1.807, 2.05) is 0 Å². The monoisotopic (exact) mass is 256 g/mol. The lowest BCUT2D eigenvalue weighted by molar-refractivity contribution is 0.866. The molecular formula is C15H20N4. The second kappa shape index (κ2) is 6.73. The molecule has 0 bridgehead atoms. The van der Waals surface area contributed by atoms with Crippen LogP contribution in [0.15, 0.2) is 42.9 Å². The lowest BCUT2D eigenvalue weighted by atomic mass is 10.2. The lowest BCUT2D eigenvalue weighted by Gasteiger charge is -2.21. The van der Waals surface area contributed by atoms with Crippen LogP contribution in [0.1, 0.15) is 19.5 Å². The Morgan fingerprint density at radius 3 is 2.37 bits per heavy atom. The van der Waals surface area contributed by atoms with Gasteiger partial charge in [0, 0.05) is 36.9 Å². The Balaban J connectivity index is 1.95. The molecule has 0 radical (unpaired) electrons. The molecule has 0 spiro atoms. The Labute approximate surface area is 114 Å². The first kappa shape index (κ1) is 13.3. The van der Waals surface area contributed by atoms with Crippen molar-refractivity contribution in [3.05, 3.63) is 48.5 Å². The highest BCUT2D eigenvalue weighted by atomic mass is 15.1. The number of aromatic nitrogens is 2. The van der Waals surface area contributed by atoms with Crippen LogP contribution in [0.3, 0.4) is 0 Å². The number of anilines is 2. The van der Waals surface area contributed by atoms with E-state index in [0.717, 1.165) is 24.5 Å². The van der Waals surface area contributed by atoms with E-state index in [4.69, 9.17) is 0 Å². The quantitative estimate of drug-likeness (QED) is 0.862. The van der Waals surface area contributed by atoms with Gasteiger partial charge in [0.2, 0.25) is 0 Å². The van der Waals surface area contributed by atoms with Crippen LogP contribution in [-0.2, 0) is 6.54 Å². The number of nitrogens with one attached hydrogen (secondary N) is 1. The molecule has 1 aromatic heterocycles. The predicted octanol–water partition coefficient (Wildman–Crippen LogP) is 2.93. The fourth-order valence-electron chi connectivity index (χ4n) is 1.99. The second-order valence-electron chi connectivity index (χ2n) is 4.27. The molecule has 1 N–H and O–H groups in total. The van der Waals surface area contributed by atoms with Crippen LogP contribution >= 0.6 is 0 Å². The van der Waals surface area contributed by atoms with Gasteiger partial charge in [-0.1, -0.05) is 0 Å². The summed E-state index contributed by atoms with van der Waals surface area (Å²) in [6.45, 7) is 7.09. The molecule has 1 aromatic carbocycles. The Morgan fingerprint density at radius 1 is 1.05 bits per heavy atom. The largest absolute Gasteiger partial charge is 0.379 e. The topological polar surface area (TPSA) is 41.0 Å². The van der Waals surface area contributed by atoms with Crippen molar-refractivity contribution in [2.24, 2.45) is 0 Å². The van der Waals surface area contributed by atoms with E-state index in [-0.39, 0.29) is 0 Å². The van der Waals surface area contributed by atoms with E-state index in [1.165, 1.54) is 5.69 Å². The van der Waals surface area contributed by atoms with E-state index in [0.29, 0.717) is 6.54 Å². The first-order valence-corrected chi connectivity index (χ1v) is 6.67. The highest BCUT2D eigenvalue weighted by Gasteiger charge is 2.01. The minimum absolute atomic E-state index is 0.693. The zero-order valence-corrected chi connectivity index (χ0v) is 11.5. The van der Waals surface area contributed by atoms with Crippen LogP contribution < -0.4 is 10.2 Å². The first-order valence-electron chi connectivity index (χ1n) is 6.67. The van der Waals surface area contributed by atoms with E-state index < -0.39 is 0 Å².